The summed E-state index contributed by atoms with van der Waals surface area (Å²) in [4.78, 5) is 13.7. The highest BCUT2D eigenvalue weighted by Gasteiger charge is 2.27. The average molecular weight is 277 g/mol. The lowest BCUT2D eigenvalue weighted by Crippen LogP contribution is -2.53. The first-order valence-corrected chi connectivity index (χ1v) is 6.88. The Morgan fingerprint density at radius 2 is 2.20 bits per heavy atom. The van der Waals surface area contributed by atoms with E-state index in [0.717, 1.165) is 24.4 Å². The molecule has 1 aliphatic rings. The molecule has 20 heavy (non-hydrogen) atoms. The molecule has 0 fully saturated rings. The van der Waals surface area contributed by atoms with Crippen LogP contribution >= 0.6 is 0 Å². The zero-order valence-electron chi connectivity index (χ0n) is 13.0. The number of allylic oxidation sites excluding steroid dienone is 4. The largest absolute Gasteiger partial charge is 0.501 e. The predicted octanol–water partition coefficient (Wildman–Crippen LogP) is 2.07. The fourth-order valence-corrected chi connectivity index (χ4v) is 2.10. The molecule has 1 N–H and O–H groups in total. The molecule has 0 atom stereocenters. The maximum Gasteiger partial charge on any atom is 0.348 e. The second-order valence-corrected chi connectivity index (χ2v) is 4.61. The van der Waals surface area contributed by atoms with Gasteiger partial charge in [-0.25, -0.2) is 0 Å². The second-order valence-electron chi connectivity index (χ2n) is 4.61. The quantitative estimate of drug-likeness (QED) is 0.596. The number of ether oxygens (including phenoxy) is 1. The van der Waals surface area contributed by atoms with E-state index in [0.29, 0.717) is 0 Å². The van der Waals surface area contributed by atoms with Crippen LogP contribution in [0.15, 0.2) is 35.8 Å². The molecule has 110 valence electrons. The molecule has 0 aromatic rings. The molecule has 0 bridgehead atoms. The van der Waals surface area contributed by atoms with E-state index in [9.17, 15) is 4.79 Å². The number of amides is 1. The molecule has 0 spiro atoms. The van der Waals surface area contributed by atoms with Crippen molar-refractivity contribution in [3.8, 4) is 0 Å². The SMILES string of the molecule is CCN(C1=CC=C(OC)CC=C1)N(C)B(C)C(=O)NC. The summed E-state index contributed by atoms with van der Waals surface area (Å²) < 4.78 is 5.27. The molecule has 0 aromatic heterocycles. The lowest BCUT2D eigenvalue weighted by Gasteiger charge is -2.36. The third-order valence-electron chi connectivity index (χ3n) is 3.47. The number of rotatable bonds is 6. The molecule has 0 radical (unpaired) electrons. The molecule has 1 aliphatic carbocycles. The predicted molar refractivity (Wildman–Crippen MR) is 83.1 cm³/mol. The van der Waals surface area contributed by atoms with Crippen molar-refractivity contribution in [2.45, 2.75) is 20.2 Å². The van der Waals surface area contributed by atoms with E-state index in [1.54, 1.807) is 14.2 Å². The molecule has 1 amide bonds. The van der Waals surface area contributed by atoms with Crippen LogP contribution < -0.4 is 5.32 Å². The van der Waals surface area contributed by atoms with E-state index in [1.165, 1.54) is 0 Å². The first-order chi connectivity index (χ1) is 9.54. The maximum absolute atomic E-state index is 11.8. The van der Waals surface area contributed by atoms with Crippen LogP contribution in [0.1, 0.15) is 13.3 Å². The minimum absolute atomic E-state index is 0.00252. The highest BCUT2D eigenvalue weighted by Crippen LogP contribution is 2.17. The lowest BCUT2D eigenvalue weighted by atomic mass is 9.63. The first kappa shape index (κ1) is 16.4. The third kappa shape index (κ3) is 3.90. The van der Waals surface area contributed by atoms with Gasteiger partial charge in [-0.05, 0) is 32.2 Å². The summed E-state index contributed by atoms with van der Waals surface area (Å²) in [6.45, 7) is 4.50. The van der Waals surface area contributed by atoms with Gasteiger partial charge in [0.15, 0.2) is 5.81 Å². The normalized spacial score (nSPS) is 14.3. The van der Waals surface area contributed by atoms with E-state index in [4.69, 9.17) is 4.74 Å². The van der Waals surface area contributed by atoms with Crippen molar-refractivity contribution in [1.82, 2.24) is 15.2 Å². The molecule has 5 nitrogen and oxygen atoms in total. The summed E-state index contributed by atoms with van der Waals surface area (Å²) in [6, 6.07) is 0. The molecular formula is C14H24BN3O2. The Morgan fingerprint density at radius 3 is 2.75 bits per heavy atom. The van der Waals surface area contributed by atoms with Crippen molar-refractivity contribution in [3.05, 3.63) is 35.8 Å². The molecule has 0 unspecified atom stereocenters. The van der Waals surface area contributed by atoms with Crippen molar-refractivity contribution < 1.29 is 9.53 Å². The summed E-state index contributed by atoms with van der Waals surface area (Å²) >= 11 is 0. The van der Waals surface area contributed by atoms with Gasteiger partial charge in [-0.2, -0.15) is 0 Å². The topological polar surface area (TPSA) is 44.8 Å². The summed E-state index contributed by atoms with van der Waals surface area (Å²) in [6.07, 6.45) is 8.88. The number of likely N-dealkylation sites (N-methyl/N-ethyl adjacent to an activating group) is 1. The standard InChI is InChI=1S/C14H24BN3O2/c1-6-18(17(4)15(2)14(19)16-3)12-8-7-9-13(20-5)11-10-12/h7-8,10-11H,6,9H2,1-5H3,(H,16,19). The summed E-state index contributed by atoms with van der Waals surface area (Å²) in [7, 11) is 5.25. The van der Waals surface area contributed by atoms with Crippen LogP contribution in [-0.4, -0.2) is 50.3 Å². The first-order valence-electron chi connectivity index (χ1n) is 6.88. The van der Waals surface area contributed by atoms with Gasteiger partial charge in [0.1, 0.15) is 0 Å². The molecule has 0 aromatic carbocycles. The van der Waals surface area contributed by atoms with Crippen LogP contribution in [0.5, 0.6) is 0 Å². The minimum Gasteiger partial charge on any atom is -0.501 e. The monoisotopic (exact) mass is 277 g/mol. The van der Waals surface area contributed by atoms with Gasteiger partial charge >= 0.3 is 6.85 Å². The zero-order chi connectivity index (χ0) is 15.1. The van der Waals surface area contributed by atoms with E-state index in [-0.39, 0.29) is 12.7 Å². The third-order valence-corrected chi connectivity index (χ3v) is 3.47. The average Bonchev–Trinajstić information content (AvgIpc) is 2.71. The number of hydrazine groups is 1. The Morgan fingerprint density at radius 1 is 1.50 bits per heavy atom. The lowest BCUT2D eigenvalue weighted by molar-refractivity contribution is 0.139. The highest BCUT2D eigenvalue weighted by molar-refractivity contribution is 6.86. The Labute approximate surface area is 122 Å². The molecular weight excluding hydrogens is 253 g/mol. The summed E-state index contributed by atoms with van der Waals surface area (Å²) in [5, 5.41) is 4.75. The van der Waals surface area contributed by atoms with Gasteiger partial charge in [0.2, 0.25) is 0 Å². The van der Waals surface area contributed by atoms with Crippen LogP contribution in [0.3, 0.4) is 0 Å². The number of nitrogens with one attached hydrogen (secondary N) is 1. The molecule has 6 heteroatoms. The van der Waals surface area contributed by atoms with Gasteiger partial charge < -0.3 is 15.1 Å². The van der Waals surface area contributed by atoms with Gasteiger partial charge in [0.05, 0.1) is 18.6 Å². The number of hydrogen-bond donors (Lipinski definition) is 1. The van der Waals surface area contributed by atoms with Crippen molar-refractivity contribution in [2.24, 2.45) is 0 Å². The van der Waals surface area contributed by atoms with Gasteiger partial charge in [0.25, 0.3) is 0 Å². The number of hydrogen-bond acceptors (Lipinski definition) is 4. The van der Waals surface area contributed by atoms with Gasteiger partial charge in [-0.1, -0.05) is 12.9 Å². The molecule has 0 saturated heterocycles. The molecule has 1 rings (SSSR count). The Bertz CT molecular complexity index is 432. The van der Waals surface area contributed by atoms with Crippen molar-refractivity contribution in [3.63, 3.8) is 0 Å². The molecule has 0 saturated carbocycles. The fourth-order valence-electron chi connectivity index (χ4n) is 2.10. The number of carbonyl (C=O) groups is 1. The van der Waals surface area contributed by atoms with Gasteiger partial charge in [0, 0.05) is 20.0 Å². The van der Waals surface area contributed by atoms with Crippen molar-refractivity contribution in [2.75, 3.05) is 27.7 Å². The van der Waals surface area contributed by atoms with Crippen LogP contribution in [0.2, 0.25) is 6.82 Å². The Balaban J connectivity index is 2.92. The second kappa shape index (κ2) is 7.80. The smallest absolute Gasteiger partial charge is 0.348 e. The van der Waals surface area contributed by atoms with Crippen molar-refractivity contribution in [1.29, 1.82) is 0 Å². The van der Waals surface area contributed by atoms with Crippen LogP contribution in [-0.2, 0) is 4.74 Å². The Kier molecular flexibility index (Phi) is 6.38. The van der Waals surface area contributed by atoms with Crippen LogP contribution in [0.4, 0.5) is 4.79 Å². The van der Waals surface area contributed by atoms with Crippen LogP contribution in [0.25, 0.3) is 0 Å². The van der Waals surface area contributed by atoms with Gasteiger partial charge in [-0.15, -0.1) is 0 Å². The minimum atomic E-state index is -0.233. The molecule has 0 aliphatic heterocycles. The van der Waals surface area contributed by atoms with E-state index in [1.807, 2.05) is 30.9 Å². The summed E-state index contributed by atoms with van der Waals surface area (Å²) in [5.74, 6) is 0.923. The van der Waals surface area contributed by atoms with Crippen LogP contribution in [0, 0.1) is 0 Å². The number of methoxy groups -OCH3 is 1. The summed E-state index contributed by atoms with van der Waals surface area (Å²) in [5.41, 5.74) is 1.04. The number of nitrogens with zero attached hydrogens (tertiary/aromatic N) is 2. The number of carbonyl (C=O) groups excluding carboxylic acids is 1. The van der Waals surface area contributed by atoms with E-state index < -0.39 is 0 Å². The zero-order valence-corrected chi connectivity index (χ0v) is 13.0. The Hall–Kier alpha value is -1.69. The highest BCUT2D eigenvalue weighted by atomic mass is 16.5. The van der Waals surface area contributed by atoms with E-state index in [2.05, 4.69) is 29.4 Å². The maximum atomic E-state index is 11.8. The van der Waals surface area contributed by atoms with Gasteiger partial charge in [-0.3, -0.25) is 9.71 Å². The van der Waals surface area contributed by atoms with E-state index >= 15 is 0 Å². The molecule has 0 heterocycles. The fraction of sp³-hybridized carbons (Fsp3) is 0.500. The van der Waals surface area contributed by atoms with Crippen molar-refractivity contribution >= 4 is 12.7 Å².